The highest BCUT2D eigenvalue weighted by molar-refractivity contribution is 5.79. The lowest BCUT2D eigenvalue weighted by Crippen LogP contribution is -2.37. The molecule has 0 saturated carbocycles. The summed E-state index contributed by atoms with van der Waals surface area (Å²) in [5.74, 6) is 1.42. The van der Waals surface area contributed by atoms with Crippen LogP contribution in [0.25, 0.3) is 0 Å². The van der Waals surface area contributed by atoms with Crippen LogP contribution in [-0.4, -0.2) is 29.4 Å². The number of aryl methyl sites for hydroxylation is 2. The predicted molar refractivity (Wildman–Crippen MR) is 90.2 cm³/mol. The Morgan fingerprint density at radius 2 is 2.25 bits per heavy atom. The second-order valence-electron chi connectivity index (χ2n) is 6.18. The number of hydrogen-bond acceptors (Lipinski definition) is 4. The fourth-order valence-corrected chi connectivity index (χ4v) is 3.06. The molecule has 1 unspecified atom stereocenters. The molecule has 1 N–H and O–H groups in total. The molecule has 1 atom stereocenters. The van der Waals surface area contributed by atoms with E-state index < -0.39 is 0 Å². The first-order valence-electron chi connectivity index (χ1n) is 8.06. The Bertz CT molecular complexity index is 767. The third kappa shape index (κ3) is 3.09. The molecule has 1 aromatic heterocycles. The minimum Gasteiger partial charge on any atom is -0.497 e. The number of nitrogens with one attached hydrogen (secondary N) is 1. The van der Waals surface area contributed by atoms with Gasteiger partial charge in [0.2, 0.25) is 5.91 Å². The van der Waals surface area contributed by atoms with Gasteiger partial charge in [-0.2, -0.15) is 5.10 Å². The Morgan fingerprint density at radius 3 is 2.92 bits per heavy atom. The van der Waals surface area contributed by atoms with Crippen molar-refractivity contribution in [1.29, 1.82) is 0 Å². The monoisotopic (exact) mass is 329 g/mol. The van der Waals surface area contributed by atoms with E-state index >= 15 is 0 Å². The third-order valence-electron chi connectivity index (χ3n) is 4.64. The van der Waals surface area contributed by atoms with Gasteiger partial charge in [0, 0.05) is 24.8 Å². The lowest BCUT2D eigenvalue weighted by molar-refractivity contribution is -0.126. The molecule has 0 bridgehead atoms. The second-order valence-corrected chi connectivity index (χ2v) is 6.18. The molecule has 6 nitrogen and oxygen atoms in total. The van der Waals surface area contributed by atoms with Crippen molar-refractivity contribution < 1.29 is 14.3 Å². The van der Waals surface area contributed by atoms with Crippen LogP contribution in [0.2, 0.25) is 0 Å². The van der Waals surface area contributed by atoms with Gasteiger partial charge < -0.3 is 14.8 Å². The first-order valence-corrected chi connectivity index (χ1v) is 8.06. The van der Waals surface area contributed by atoms with E-state index in [9.17, 15) is 4.79 Å². The lowest BCUT2D eigenvalue weighted by atomic mass is 9.95. The molecule has 6 heteroatoms. The van der Waals surface area contributed by atoms with E-state index in [-0.39, 0.29) is 11.8 Å². The molecule has 1 aromatic carbocycles. The van der Waals surface area contributed by atoms with Crippen molar-refractivity contribution in [3.05, 3.63) is 40.7 Å². The quantitative estimate of drug-likeness (QED) is 0.931. The molecule has 0 spiro atoms. The number of aromatic nitrogens is 2. The number of fused-ring (bicyclic) bond motifs is 1. The van der Waals surface area contributed by atoms with Gasteiger partial charge in [0.15, 0.2) is 0 Å². The van der Waals surface area contributed by atoms with Gasteiger partial charge in [0.25, 0.3) is 0 Å². The number of methoxy groups -OCH3 is 1. The maximum atomic E-state index is 12.5. The van der Waals surface area contributed by atoms with Gasteiger partial charge in [-0.15, -0.1) is 0 Å². The van der Waals surface area contributed by atoms with E-state index in [1.165, 1.54) is 0 Å². The van der Waals surface area contributed by atoms with E-state index in [2.05, 4.69) is 10.4 Å². The van der Waals surface area contributed by atoms with Gasteiger partial charge in [-0.25, -0.2) is 0 Å². The van der Waals surface area contributed by atoms with Crippen molar-refractivity contribution in [2.75, 3.05) is 13.7 Å². The molecule has 1 aliphatic heterocycles. The maximum Gasteiger partial charge on any atom is 0.227 e. The molecule has 0 radical (unpaired) electrons. The highest BCUT2D eigenvalue weighted by Gasteiger charge is 2.26. The number of nitrogens with zero attached hydrogens (tertiary/aromatic N) is 2. The van der Waals surface area contributed by atoms with E-state index in [1.54, 1.807) is 7.11 Å². The molecule has 1 aliphatic rings. The van der Waals surface area contributed by atoms with Crippen LogP contribution < -0.4 is 14.8 Å². The van der Waals surface area contributed by atoms with Crippen LogP contribution in [0.4, 0.5) is 0 Å². The SMILES string of the molecule is COc1ccc2c(c1)CC(C(=O)NCc1c(C)nn(C)c1C)CO2. The number of carbonyl (C=O) groups excluding carboxylic acids is 1. The molecule has 128 valence electrons. The molecule has 2 aromatic rings. The van der Waals surface area contributed by atoms with Gasteiger partial charge in [-0.3, -0.25) is 9.48 Å². The molecule has 0 aliphatic carbocycles. The highest BCUT2D eigenvalue weighted by Crippen LogP contribution is 2.30. The summed E-state index contributed by atoms with van der Waals surface area (Å²) in [6.07, 6.45) is 0.656. The molecule has 0 fully saturated rings. The van der Waals surface area contributed by atoms with E-state index in [1.807, 2.05) is 43.8 Å². The third-order valence-corrected chi connectivity index (χ3v) is 4.64. The fourth-order valence-electron chi connectivity index (χ4n) is 3.06. The van der Waals surface area contributed by atoms with Crippen LogP contribution in [0.3, 0.4) is 0 Å². The molecular formula is C18H23N3O3. The number of rotatable bonds is 4. The zero-order valence-electron chi connectivity index (χ0n) is 14.5. The smallest absolute Gasteiger partial charge is 0.227 e. The molecular weight excluding hydrogens is 306 g/mol. The average molecular weight is 329 g/mol. The van der Waals surface area contributed by atoms with Crippen LogP contribution in [-0.2, 0) is 24.8 Å². The Kier molecular flexibility index (Phi) is 4.46. The van der Waals surface area contributed by atoms with Gasteiger partial charge in [-0.1, -0.05) is 0 Å². The van der Waals surface area contributed by atoms with Crippen molar-refractivity contribution >= 4 is 5.91 Å². The van der Waals surface area contributed by atoms with Crippen LogP contribution in [0.1, 0.15) is 22.5 Å². The zero-order valence-corrected chi connectivity index (χ0v) is 14.5. The first kappa shape index (κ1) is 16.4. The van der Waals surface area contributed by atoms with E-state index in [0.29, 0.717) is 19.6 Å². The minimum absolute atomic E-state index is 0.00567. The number of ether oxygens (including phenoxy) is 2. The Hall–Kier alpha value is -2.50. The summed E-state index contributed by atoms with van der Waals surface area (Å²) in [7, 11) is 3.54. The Labute approximate surface area is 141 Å². The summed E-state index contributed by atoms with van der Waals surface area (Å²) in [6, 6.07) is 5.70. The normalized spacial score (nSPS) is 16.2. The van der Waals surface area contributed by atoms with Crippen molar-refractivity contribution in [3.63, 3.8) is 0 Å². The summed E-state index contributed by atoms with van der Waals surface area (Å²) in [5.41, 5.74) is 4.10. The van der Waals surface area contributed by atoms with Crippen molar-refractivity contribution in [1.82, 2.24) is 15.1 Å². The van der Waals surface area contributed by atoms with E-state index in [4.69, 9.17) is 9.47 Å². The largest absolute Gasteiger partial charge is 0.497 e. The van der Waals surface area contributed by atoms with Crippen molar-refractivity contribution in [3.8, 4) is 11.5 Å². The molecule has 2 heterocycles. The molecule has 24 heavy (non-hydrogen) atoms. The summed E-state index contributed by atoms with van der Waals surface area (Å²) < 4.78 is 12.8. The van der Waals surface area contributed by atoms with E-state index in [0.717, 1.165) is 34.0 Å². The topological polar surface area (TPSA) is 65.4 Å². The van der Waals surface area contributed by atoms with Crippen LogP contribution in [0, 0.1) is 19.8 Å². The van der Waals surface area contributed by atoms with Crippen molar-refractivity contribution in [2.45, 2.75) is 26.8 Å². The second kappa shape index (κ2) is 6.55. The Morgan fingerprint density at radius 1 is 1.46 bits per heavy atom. The number of carbonyl (C=O) groups is 1. The molecule has 3 rings (SSSR count). The highest BCUT2D eigenvalue weighted by atomic mass is 16.5. The van der Waals surface area contributed by atoms with Gasteiger partial charge in [0.05, 0.1) is 18.7 Å². The number of amides is 1. The summed E-state index contributed by atoms with van der Waals surface area (Å²) >= 11 is 0. The predicted octanol–water partition coefficient (Wildman–Crippen LogP) is 1.91. The molecule has 1 amide bonds. The van der Waals surface area contributed by atoms with Crippen LogP contribution in [0.15, 0.2) is 18.2 Å². The summed E-state index contributed by atoms with van der Waals surface area (Å²) in [6.45, 7) is 4.86. The number of benzene rings is 1. The lowest BCUT2D eigenvalue weighted by Gasteiger charge is -2.25. The van der Waals surface area contributed by atoms with Crippen LogP contribution >= 0.6 is 0 Å². The molecule has 0 saturated heterocycles. The zero-order chi connectivity index (χ0) is 17.3. The fraction of sp³-hybridized carbons (Fsp3) is 0.444. The first-order chi connectivity index (χ1) is 11.5. The maximum absolute atomic E-state index is 12.5. The van der Waals surface area contributed by atoms with Crippen molar-refractivity contribution in [2.24, 2.45) is 13.0 Å². The van der Waals surface area contributed by atoms with Gasteiger partial charge >= 0.3 is 0 Å². The van der Waals surface area contributed by atoms with Crippen LogP contribution in [0.5, 0.6) is 11.5 Å². The summed E-state index contributed by atoms with van der Waals surface area (Å²) in [4.78, 5) is 12.5. The van der Waals surface area contributed by atoms with Gasteiger partial charge in [0.1, 0.15) is 18.1 Å². The minimum atomic E-state index is -0.193. The standard InChI is InChI=1S/C18H23N3O3/c1-11-16(12(2)21(3)20-11)9-19-18(22)14-7-13-8-15(23-4)5-6-17(13)24-10-14/h5-6,8,14H,7,9-10H2,1-4H3,(H,19,22). The average Bonchev–Trinajstić information content (AvgIpc) is 2.83. The summed E-state index contributed by atoms with van der Waals surface area (Å²) in [5, 5.41) is 7.40. The van der Waals surface area contributed by atoms with Gasteiger partial charge in [-0.05, 0) is 44.0 Å². The Balaban J connectivity index is 1.65. The number of hydrogen-bond donors (Lipinski definition) is 1.